The van der Waals surface area contributed by atoms with Gasteiger partial charge in [0.15, 0.2) is 11.2 Å². The van der Waals surface area contributed by atoms with Crippen LogP contribution in [0.3, 0.4) is 0 Å². The van der Waals surface area contributed by atoms with Crippen molar-refractivity contribution >= 4 is 22.8 Å². The maximum atomic E-state index is 12.3. The van der Waals surface area contributed by atoms with Gasteiger partial charge >= 0.3 is 0 Å². The quantitative estimate of drug-likeness (QED) is 0.683. The van der Waals surface area contributed by atoms with Crippen molar-refractivity contribution in [3.05, 3.63) is 42.1 Å². The molecule has 0 aliphatic rings. The van der Waals surface area contributed by atoms with Crippen molar-refractivity contribution in [2.24, 2.45) is 0 Å². The molecule has 0 fully saturated rings. The van der Waals surface area contributed by atoms with Crippen LogP contribution >= 0.6 is 0 Å². The number of nitrogen functional groups attached to an aromatic ring is 1. The molecule has 2 aromatic heterocycles. The Hall–Kier alpha value is -2.93. The van der Waals surface area contributed by atoms with Crippen LogP contribution in [0.4, 0.5) is 5.69 Å². The smallest absolute Gasteiger partial charge is 0.251 e. The minimum absolute atomic E-state index is 0.181. The third-order valence-corrected chi connectivity index (χ3v) is 3.47. The molecule has 1 aromatic carbocycles. The number of pyridine rings is 1. The monoisotopic (exact) mass is 355 g/mol. The predicted octanol–water partition coefficient (Wildman–Crippen LogP) is 2.79. The number of nitrogens with two attached hydrogens (primary N) is 1. The molecule has 0 atom stereocenters. The number of benzene rings is 1. The molecule has 0 bridgehead atoms. The maximum Gasteiger partial charge on any atom is 0.251 e. The van der Waals surface area contributed by atoms with E-state index in [9.17, 15) is 4.79 Å². The summed E-state index contributed by atoms with van der Waals surface area (Å²) in [5.74, 6) is 0.206. The summed E-state index contributed by atoms with van der Waals surface area (Å²) in [6, 6.07) is 8.64. The highest BCUT2D eigenvalue weighted by Gasteiger charge is 2.13. The van der Waals surface area contributed by atoms with Crippen LogP contribution in [0.1, 0.15) is 24.2 Å². The number of aromatic nitrogens is 2. The Kier molecular flexibility index (Phi) is 6.68. The molecule has 2 heterocycles. The second-order valence-electron chi connectivity index (χ2n) is 5.75. The fourth-order valence-electron chi connectivity index (χ4n) is 2.29. The topological polar surface area (TPSA) is 97.3 Å². The van der Waals surface area contributed by atoms with Gasteiger partial charge in [-0.15, -0.1) is 0 Å². The molecule has 0 radical (unpaired) electrons. The first-order valence-electron chi connectivity index (χ1n) is 8.58. The van der Waals surface area contributed by atoms with Gasteiger partial charge in [0.1, 0.15) is 0 Å². The zero-order valence-electron chi connectivity index (χ0n) is 15.6. The number of hydrogen-bond donors (Lipinski definition) is 2. The number of nitrogens with one attached hydrogen (secondary N) is 1. The Morgan fingerprint density at radius 1 is 1.27 bits per heavy atom. The summed E-state index contributed by atoms with van der Waals surface area (Å²) in [5, 5.41) is 2.86. The number of anilines is 1. The Labute approximate surface area is 153 Å². The van der Waals surface area contributed by atoms with Crippen molar-refractivity contribution in [3.63, 3.8) is 0 Å². The highest BCUT2D eigenvalue weighted by atomic mass is 16.3. The Balaban J connectivity index is 0.00000117. The number of oxazole rings is 1. The molecule has 0 aliphatic carbocycles. The van der Waals surface area contributed by atoms with E-state index in [2.05, 4.69) is 15.3 Å². The lowest BCUT2D eigenvalue weighted by Gasteiger charge is -2.11. The molecular weight excluding hydrogens is 330 g/mol. The van der Waals surface area contributed by atoms with E-state index >= 15 is 0 Å². The molecule has 0 unspecified atom stereocenters. The standard InChI is InChI=1S/C17H19N5O2.C2H6/c1-22(2)7-6-20-16(23)11-8-12(10-13(18)9-11)17-21-15-14(24-17)4-3-5-19-15;1-2/h3-5,8-10H,6-7,18H2,1-2H3,(H,20,23);1-2H3. The Morgan fingerprint density at radius 2 is 2.04 bits per heavy atom. The van der Waals surface area contributed by atoms with Crippen molar-refractivity contribution in [2.75, 3.05) is 32.9 Å². The van der Waals surface area contributed by atoms with Crippen molar-refractivity contribution in [3.8, 4) is 11.5 Å². The zero-order chi connectivity index (χ0) is 19.1. The number of hydrogen-bond acceptors (Lipinski definition) is 6. The fraction of sp³-hybridized carbons (Fsp3) is 0.316. The van der Waals surface area contributed by atoms with E-state index in [1.807, 2.05) is 32.8 Å². The first-order valence-corrected chi connectivity index (χ1v) is 8.58. The molecule has 3 rings (SSSR count). The highest BCUT2D eigenvalue weighted by molar-refractivity contribution is 5.96. The number of amides is 1. The van der Waals surface area contributed by atoms with Gasteiger partial charge in [-0.3, -0.25) is 4.79 Å². The summed E-state index contributed by atoms with van der Waals surface area (Å²) in [5.41, 5.74) is 8.63. The minimum Gasteiger partial charge on any atom is -0.434 e. The number of nitrogens with zero attached hydrogens (tertiary/aromatic N) is 3. The molecule has 3 N–H and O–H groups in total. The molecular formula is C19H25N5O2. The van der Waals surface area contributed by atoms with Crippen molar-refractivity contribution in [1.82, 2.24) is 20.2 Å². The number of rotatable bonds is 5. The van der Waals surface area contributed by atoms with Crippen molar-refractivity contribution in [1.29, 1.82) is 0 Å². The first-order chi connectivity index (χ1) is 12.5. The van der Waals surface area contributed by atoms with Crippen LogP contribution in [-0.2, 0) is 0 Å². The van der Waals surface area contributed by atoms with E-state index in [0.717, 1.165) is 6.54 Å². The summed E-state index contributed by atoms with van der Waals surface area (Å²) in [6.45, 7) is 5.32. The predicted molar refractivity (Wildman–Crippen MR) is 104 cm³/mol. The zero-order valence-corrected chi connectivity index (χ0v) is 15.6. The average Bonchev–Trinajstić information content (AvgIpc) is 3.07. The van der Waals surface area contributed by atoms with E-state index in [4.69, 9.17) is 10.2 Å². The summed E-state index contributed by atoms with van der Waals surface area (Å²) >= 11 is 0. The summed E-state index contributed by atoms with van der Waals surface area (Å²) < 4.78 is 5.69. The van der Waals surface area contributed by atoms with E-state index in [-0.39, 0.29) is 5.91 Å². The highest BCUT2D eigenvalue weighted by Crippen LogP contribution is 2.26. The second-order valence-corrected chi connectivity index (χ2v) is 5.75. The van der Waals surface area contributed by atoms with Crippen LogP contribution < -0.4 is 11.1 Å². The molecule has 3 aromatic rings. The molecule has 0 spiro atoms. The third kappa shape index (κ3) is 4.80. The Bertz CT molecular complexity index is 840. The normalized spacial score (nSPS) is 10.5. The van der Waals surface area contributed by atoms with Gasteiger partial charge in [-0.1, -0.05) is 13.8 Å². The van der Waals surface area contributed by atoms with Gasteiger partial charge in [0.05, 0.1) is 0 Å². The molecule has 0 saturated carbocycles. The van der Waals surface area contributed by atoms with Crippen LogP contribution in [0.15, 0.2) is 40.9 Å². The van der Waals surface area contributed by atoms with Crippen molar-refractivity contribution < 1.29 is 9.21 Å². The minimum atomic E-state index is -0.181. The average molecular weight is 355 g/mol. The van der Waals surface area contributed by atoms with Gasteiger partial charge in [-0.05, 0) is 44.4 Å². The molecule has 1 amide bonds. The van der Waals surface area contributed by atoms with Gasteiger partial charge < -0.3 is 20.4 Å². The SMILES string of the molecule is CC.CN(C)CCNC(=O)c1cc(N)cc(-c2nc3ncccc3o2)c1. The van der Waals surface area contributed by atoms with Gasteiger partial charge in [0, 0.05) is 36.1 Å². The molecule has 0 aliphatic heterocycles. The van der Waals surface area contributed by atoms with E-state index in [1.54, 1.807) is 36.5 Å². The third-order valence-electron chi connectivity index (χ3n) is 3.47. The van der Waals surface area contributed by atoms with Gasteiger partial charge in [0.2, 0.25) is 5.89 Å². The molecule has 7 nitrogen and oxygen atoms in total. The second kappa shape index (κ2) is 8.96. The van der Waals surface area contributed by atoms with E-state index < -0.39 is 0 Å². The van der Waals surface area contributed by atoms with Crippen LogP contribution in [-0.4, -0.2) is 48.0 Å². The summed E-state index contributed by atoms with van der Waals surface area (Å²) in [6.07, 6.45) is 1.65. The van der Waals surface area contributed by atoms with Gasteiger partial charge in [-0.2, -0.15) is 4.98 Å². The van der Waals surface area contributed by atoms with Crippen LogP contribution in [0, 0.1) is 0 Å². The number of carbonyl (C=O) groups is 1. The van der Waals surface area contributed by atoms with Gasteiger partial charge in [0.25, 0.3) is 5.91 Å². The molecule has 26 heavy (non-hydrogen) atoms. The summed E-state index contributed by atoms with van der Waals surface area (Å²) in [4.78, 5) is 22.8. The lowest BCUT2D eigenvalue weighted by atomic mass is 10.1. The fourth-order valence-corrected chi connectivity index (χ4v) is 2.29. The lowest BCUT2D eigenvalue weighted by molar-refractivity contribution is 0.0951. The van der Waals surface area contributed by atoms with Crippen LogP contribution in [0.5, 0.6) is 0 Å². The molecule has 138 valence electrons. The number of carbonyl (C=O) groups excluding carboxylic acids is 1. The van der Waals surface area contributed by atoms with Crippen LogP contribution in [0.25, 0.3) is 22.7 Å². The van der Waals surface area contributed by atoms with Crippen LogP contribution in [0.2, 0.25) is 0 Å². The van der Waals surface area contributed by atoms with Gasteiger partial charge in [-0.25, -0.2) is 4.98 Å². The van der Waals surface area contributed by atoms with E-state index in [1.165, 1.54) is 0 Å². The molecule has 7 heteroatoms. The largest absolute Gasteiger partial charge is 0.434 e. The molecule has 0 saturated heterocycles. The number of fused-ring (bicyclic) bond motifs is 1. The maximum absolute atomic E-state index is 12.3. The lowest BCUT2D eigenvalue weighted by Crippen LogP contribution is -2.31. The Morgan fingerprint density at radius 3 is 2.73 bits per heavy atom. The van der Waals surface area contributed by atoms with E-state index in [0.29, 0.717) is 40.5 Å². The summed E-state index contributed by atoms with van der Waals surface area (Å²) in [7, 11) is 3.90. The van der Waals surface area contributed by atoms with Crippen molar-refractivity contribution in [2.45, 2.75) is 13.8 Å². The first kappa shape index (κ1) is 19.4. The number of likely N-dealkylation sites (N-methyl/N-ethyl adjacent to an activating group) is 1.